The van der Waals surface area contributed by atoms with Crippen molar-refractivity contribution in [3.8, 4) is 0 Å². The fourth-order valence-electron chi connectivity index (χ4n) is 3.81. The van der Waals surface area contributed by atoms with E-state index < -0.39 is 12.1 Å². The number of carbonyl (C=O) groups excluding carboxylic acids is 1. The zero-order valence-electron chi connectivity index (χ0n) is 15.9. The average molecular weight is 402 g/mol. The molecule has 6 nitrogen and oxygen atoms in total. The fraction of sp³-hybridized carbons (Fsp3) is 0.579. The van der Waals surface area contributed by atoms with Crippen LogP contribution in [0.2, 0.25) is 0 Å². The van der Waals surface area contributed by atoms with Crippen molar-refractivity contribution in [1.29, 1.82) is 0 Å². The van der Waals surface area contributed by atoms with E-state index in [1.54, 1.807) is 7.05 Å². The van der Waals surface area contributed by atoms with Gasteiger partial charge in [-0.1, -0.05) is 29.8 Å². The minimum absolute atomic E-state index is 0.0891. The molecule has 0 aliphatic carbocycles. The van der Waals surface area contributed by atoms with Crippen LogP contribution in [0.1, 0.15) is 24.0 Å². The third kappa shape index (κ3) is 5.23. The molecular formula is C19H25F3N2O4. The predicted octanol–water partition coefficient (Wildman–Crippen LogP) is 2.36. The Kier molecular flexibility index (Phi) is 7.06. The number of carboxylic acids is 1. The fourth-order valence-corrected chi connectivity index (χ4v) is 3.81. The highest BCUT2D eigenvalue weighted by Gasteiger charge is 2.52. The topological polar surface area (TPSA) is 78.9 Å². The van der Waals surface area contributed by atoms with Crippen molar-refractivity contribution in [2.75, 3.05) is 26.7 Å². The number of alkyl halides is 3. The molecule has 2 atom stereocenters. The monoisotopic (exact) mass is 402 g/mol. The smallest absolute Gasteiger partial charge is 0.475 e. The maximum atomic E-state index is 12.4. The quantitative estimate of drug-likeness (QED) is 0.812. The summed E-state index contributed by atoms with van der Waals surface area (Å²) in [4.78, 5) is 23.7. The van der Waals surface area contributed by atoms with Gasteiger partial charge in [-0.3, -0.25) is 9.69 Å². The molecule has 0 unspecified atom stereocenters. The van der Waals surface area contributed by atoms with Crippen LogP contribution >= 0.6 is 0 Å². The normalized spacial score (nSPS) is 24.7. The van der Waals surface area contributed by atoms with E-state index in [1.807, 2.05) is 0 Å². The molecule has 1 aromatic carbocycles. The number of hydrogen-bond donors (Lipinski definition) is 2. The highest BCUT2D eigenvalue weighted by Crippen LogP contribution is 2.41. The van der Waals surface area contributed by atoms with Crippen molar-refractivity contribution in [3.63, 3.8) is 0 Å². The number of aryl methyl sites for hydroxylation is 1. The molecule has 0 radical (unpaired) electrons. The Balaban J connectivity index is 0.000000345. The summed E-state index contributed by atoms with van der Waals surface area (Å²) >= 11 is 0. The first-order chi connectivity index (χ1) is 13.1. The maximum Gasteiger partial charge on any atom is 0.490 e. The molecular weight excluding hydrogens is 377 g/mol. The molecule has 0 spiro atoms. The van der Waals surface area contributed by atoms with Gasteiger partial charge in [0.25, 0.3) is 0 Å². The van der Waals surface area contributed by atoms with Crippen molar-refractivity contribution < 1.29 is 32.6 Å². The summed E-state index contributed by atoms with van der Waals surface area (Å²) < 4.78 is 37.5. The van der Waals surface area contributed by atoms with Gasteiger partial charge in [0.2, 0.25) is 5.91 Å². The number of ether oxygens (including phenoxy) is 1. The summed E-state index contributed by atoms with van der Waals surface area (Å²) in [7, 11) is 1.73. The lowest BCUT2D eigenvalue weighted by Gasteiger charge is -2.42. The van der Waals surface area contributed by atoms with Gasteiger partial charge in [-0.15, -0.1) is 0 Å². The number of aliphatic carboxylic acids is 1. The van der Waals surface area contributed by atoms with Crippen LogP contribution in [0.15, 0.2) is 24.3 Å². The Labute approximate surface area is 161 Å². The van der Waals surface area contributed by atoms with Gasteiger partial charge in [-0.2, -0.15) is 13.2 Å². The van der Waals surface area contributed by atoms with Crippen LogP contribution in [-0.2, 0) is 20.9 Å². The summed E-state index contributed by atoms with van der Waals surface area (Å²) in [6, 6.07) is 8.61. The predicted molar refractivity (Wildman–Crippen MR) is 95.6 cm³/mol. The van der Waals surface area contributed by atoms with Gasteiger partial charge in [0, 0.05) is 33.3 Å². The summed E-state index contributed by atoms with van der Waals surface area (Å²) in [5.74, 6) is -2.62. The van der Waals surface area contributed by atoms with Crippen LogP contribution < -0.4 is 5.32 Å². The molecule has 9 heteroatoms. The van der Waals surface area contributed by atoms with Crippen molar-refractivity contribution in [3.05, 3.63) is 35.4 Å². The SMILES string of the molecule is CNC(=O)[C@@]12CCO[C@@H]1CCN(Cc1cccc(C)c1)C2.O=C(O)C(F)(F)F. The molecule has 2 aliphatic rings. The standard InChI is InChI=1S/C17H24N2O2.C2HF3O2/c1-13-4-3-5-14(10-13)11-19-8-6-15-17(12-19,7-9-21-15)16(20)18-2;3-2(4,5)1(6)7/h3-5,10,15H,6-9,11-12H2,1-2H3,(H,18,20);(H,6,7)/t15-,17-;/m1./s1. The number of rotatable bonds is 3. The highest BCUT2D eigenvalue weighted by atomic mass is 19.4. The maximum absolute atomic E-state index is 12.4. The molecule has 28 heavy (non-hydrogen) atoms. The Morgan fingerprint density at radius 1 is 1.39 bits per heavy atom. The van der Waals surface area contributed by atoms with Crippen LogP contribution in [0.5, 0.6) is 0 Å². The Bertz CT molecular complexity index is 711. The summed E-state index contributed by atoms with van der Waals surface area (Å²) in [5, 5.41) is 9.97. The molecule has 2 saturated heterocycles. The molecule has 156 valence electrons. The van der Waals surface area contributed by atoms with Crippen molar-refractivity contribution >= 4 is 11.9 Å². The van der Waals surface area contributed by atoms with Crippen LogP contribution in [0.4, 0.5) is 13.2 Å². The van der Waals surface area contributed by atoms with Crippen molar-refractivity contribution in [2.45, 2.75) is 38.6 Å². The second kappa shape index (κ2) is 8.91. The molecule has 0 aromatic heterocycles. The van der Waals surface area contributed by atoms with E-state index in [2.05, 4.69) is 41.4 Å². The highest BCUT2D eigenvalue weighted by molar-refractivity contribution is 5.83. The molecule has 2 heterocycles. The third-order valence-corrected chi connectivity index (χ3v) is 5.11. The van der Waals surface area contributed by atoms with E-state index in [1.165, 1.54) is 11.1 Å². The summed E-state index contributed by atoms with van der Waals surface area (Å²) in [6.45, 7) is 5.53. The van der Waals surface area contributed by atoms with E-state index in [0.29, 0.717) is 6.61 Å². The van der Waals surface area contributed by atoms with Crippen LogP contribution in [0.3, 0.4) is 0 Å². The first kappa shape index (κ1) is 22.2. The van der Waals surface area contributed by atoms with Crippen LogP contribution in [-0.4, -0.2) is 60.9 Å². The minimum atomic E-state index is -5.08. The summed E-state index contributed by atoms with van der Waals surface area (Å²) in [6.07, 6.45) is -3.22. The zero-order chi connectivity index (χ0) is 20.9. The van der Waals surface area contributed by atoms with Crippen LogP contribution in [0, 0.1) is 12.3 Å². The number of nitrogens with one attached hydrogen (secondary N) is 1. The van der Waals surface area contributed by atoms with Gasteiger partial charge in [-0.25, -0.2) is 4.79 Å². The molecule has 3 rings (SSSR count). The molecule has 0 saturated carbocycles. The number of fused-ring (bicyclic) bond motifs is 1. The number of carbonyl (C=O) groups is 2. The Morgan fingerprint density at radius 2 is 2.07 bits per heavy atom. The number of carboxylic acid groups (broad SMARTS) is 1. The number of amides is 1. The largest absolute Gasteiger partial charge is 0.490 e. The second-order valence-corrected chi connectivity index (χ2v) is 7.14. The van der Waals surface area contributed by atoms with E-state index in [9.17, 15) is 18.0 Å². The molecule has 2 fully saturated rings. The Hall–Kier alpha value is -2.13. The van der Waals surface area contributed by atoms with E-state index in [4.69, 9.17) is 14.6 Å². The lowest BCUT2D eigenvalue weighted by atomic mass is 9.75. The first-order valence-corrected chi connectivity index (χ1v) is 9.00. The average Bonchev–Trinajstić information content (AvgIpc) is 3.05. The van der Waals surface area contributed by atoms with Crippen molar-refractivity contribution in [2.24, 2.45) is 5.41 Å². The molecule has 2 aliphatic heterocycles. The molecule has 1 aromatic rings. The third-order valence-electron chi connectivity index (χ3n) is 5.11. The van der Waals surface area contributed by atoms with Gasteiger partial charge >= 0.3 is 12.1 Å². The second-order valence-electron chi connectivity index (χ2n) is 7.14. The van der Waals surface area contributed by atoms with Crippen LogP contribution in [0.25, 0.3) is 0 Å². The van der Waals surface area contributed by atoms with E-state index in [0.717, 1.165) is 32.5 Å². The first-order valence-electron chi connectivity index (χ1n) is 9.00. The van der Waals surface area contributed by atoms with E-state index in [-0.39, 0.29) is 17.4 Å². The number of likely N-dealkylation sites (tertiary alicyclic amines) is 1. The molecule has 0 bridgehead atoms. The van der Waals surface area contributed by atoms with Gasteiger partial charge in [-0.05, 0) is 25.3 Å². The van der Waals surface area contributed by atoms with Gasteiger partial charge in [0.1, 0.15) is 0 Å². The van der Waals surface area contributed by atoms with Gasteiger partial charge in [0.15, 0.2) is 0 Å². The van der Waals surface area contributed by atoms with E-state index >= 15 is 0 Å². The molecule has 2 N–H and O–H groups in total. The number of nitrogens with zero attached hydrogens (tertiary/aromatic N) is 1. The zero-order valence-corrected chi connectivity index (χ0v) is 15.9. The number of hydrogen-bond acceptors (Lipinski definition) is 4. The minimum Gasteiger partial charge on any atom is -0.475 e. The Morgan fingerprint density at radius 3 is 2.64 bits per heavy atom. The summed E-state index contributed by atoms with van der Waals surface area (Å²) in [5.41, 5.74) is 2.25. The number of halogens is 3. The van der Waals surface area contributed by atoms with Gasteiger partial charge < -0.3 is 15.2 Å². The molecule has 1 amide bonds. The number of piperidine rings is 1. The number of benzene rings is 1. The lowest BCUT2D eigenvalue weighted by Crippen LogP contribution is -2.56. The van der Waals surface area contributed by atoms with Crippen molar-refractivity contribution in [1.82, 2.24) is 10.2 Å². The van der Waals surface area contributed by atoms with Gasteiger partial charge in [0.05, 0.1) is 11.5 Å². The lowest BCUT2D eigenvalue weighted by molar-refractivity contribution is -0.192.